The van der Waals surface area contributed by atoms with Gasteiger partial charge in [-0.15, -0.1) is 0 Å². The van der Waals surface area contributed by atoms with Crippen LogP contribution < -0.4 is 5.32 Å². The zero-order valence-corrected chi connectivity index (χ0v) is 11.7. The standard InChI is InChI=1S/C13H16N4OS/c1-10(19-2)13(18)15-9-11-4-6-14-12(8-11)17-7-3-5-16-17/h3-8,10H,9H2,1-2H3,(H,15,18)/t10-/m1/s1. The molecule has 0 unspecified atom stereocenters. The third-order valence-electron chi connectivity index (χ3n) is 2.74. The molecule has 0 fully saturated rings. The maximum atomic E-state index is 11.7. The molecular weight excluding hydrogens is 260 g/mol. The molecule has 0 spiro atoms. The summed E-state index contributed by atoms with van der Waals surface area (Å²) in [5.41, 5.74) is 1.00. The van der Waals surface area contributed by atoms with E-state index in [1.54, 1.807) is 17.1 Å². The number of thioether (sulfide) groups is 1. The van der Waals surface area contributed by atoms with Crippen molar-refractivity contribution >= 4 is 17.7 Å². The van der Waals surface area contributed by atoms with Gasteiger partial charge in [0.2, 0.25) is 5.91 Å². The lowest BCUT2D eigenvalue weighted by molar-refractivity contribution is -0.120. The van der Waals surface area contributed by atoms with Gasteiger partial charge in [0.1, 0.15) is 0 Å². The van der Waals surface area contributed by atoms with Crippen LogP contribution >= 0.6 is 11.8 Å². The summed E-state index contributed by atoms with van der Waals surface area (Å²) in [6.45, 7) is 2.39. The van der Waals surface area contributed by atoms with Crippen LogP contribution in [-0.4, -0.2) is 32.2 Å². The van der Waals surface area contributed by atoms with Crippen molar-refractivity contribution in [1.29, 1.82) is 0 Å². The number of nitrogens with one attached hydrogen (secondary N) is 1. The Bertz CT molecular complexity index is 541. The van der Waals surface area contributed by atoms with E-state index in [2.05, 4.69) is 15.4 Å². The van der Waals surface area contributed by atoms with Crippen molar-refractivity contribution in [2.45, 2.75) is 18.7 Å². The van der Waals surface area contributed by atoms with Gasteiger partial charge >= 0.3 is 0 Å². The molecule has 0 saturated heterocycles. The molecule has 0 saturated carbocycles. The van der Waals surface area contributed by atoms with Crippen molar-refractivity contribution in [1.82, 2.24) is 20.1 Å². The molecule has 1 atom stereocenters. The van der Waals surface area contributed by atoms with Crippen LogP contribution in [0.2, 0.25) is 0 Å². The Morgan fingerprint density at radius 2 is 2.37 bits per heavy atom. The van der Waals surface area contributed by atoms with E-state index in [9.17, 15) is 4.79 Å². The second-order valence-electron chi connectivity index (χ2n) is 4.07. The topological polar surface area (TPSA) is 59.8 Å². The summed E-state index contributed by atoms with van der Waals surface area (Å²) >= 11 is 1.53. The van der Waals surface area contributed by atoms with E-state index in [-0.39, 0.29) is 11.2 Å². The molecule has 0 bridgehead atoms. The molecule has 2 rings (SSSR count). The Labute approximate surface area is 116 Å². The Morgan fingerprint density at radius 1 is 1.53 bits per heavy atom. The predicted octanol–water partition coefficient (Wildman–Crippen LogP) is 1.64. The lowest BCUT2D eigenvalue weighted by Gasteiger charge is -2.10. The molecular formula is C13H16N4OS. The van der Waals surface area contributed by atoms with Crippen molar-refractivity contribution in [3.8, 4) is 5.82 Å². The summed E-state index contributed by atoms with van der Waals surface area (Å²) in [6, 6.07) is 5.64. The fourth-order valence-corrected chi connectivity index (χ4v) is 1.84. The molecule has 0 aliphatic heterocycles. The fraction of sp³-hybridized carbons (Fsp3) is 0.308. The minimum Gasteiger partial charge on any atom is -0.351 e. The normalized spacial score (nSPS) is 12.1. The van der Waals surface area contributed by atoms with Crippen molar-refractivity contribution in [2.24, 2.45) is 0 Å². The number of amides is 1. The number of nitrogens with zero attached hydrogens (tertiary/aromatic N) is 3. The van der Waals surface area contributed by atoms with Gasteiger partial charge in [-0.3, -0.25) is 4.79 Å². The number of hydrogen-bond donors (Lipinski definition) is 1. The van der Waals surface area contributed by atoms with Crippen LogP contribution in [0, 0.1) is 0 Å². The first-order valence-electron chi connectivity index (χ1n) is 5.96. The Kier molecular flexibility index (Phi) is 4.57. The number of carbonyl (C=O) groups excluding carboxylic acids is 1. The van der Waals surface area contributed by atoms with Gasteiger partial charge in [0.25, 0.3) is 0 Å². The first-order valence-corrected chi connectivity index (χ1v) is 7.25. The van der Waals surface area contributed by atoms with Crippen LogP contribution in [0.25, 0.3) is 5.82 Å². The molecule has 6 heteroatoms. The predicted molar refractivity (Wildman–Crippen MR) is 76.2 cm³/mol. The first-order chi connectivity index (χ1) is 9.20. The van der Waals surface area contributed by atoms with Crippen molar-refractivity contribution in [2.75, 3.05) is 6.26 Å². The van der Waals surface area contributed by atoms with Gasteiger partial charge in [-0.2, -0.15) is 16.9 Å². The van der Waals surface area contributed by atoms with E-state index in [1.165, 1.54) is 11.8 Å². The molecule has 100 valence electrons. The molecule has 2 aromatic rings. The van der Waals surface area contributed by atoms with E-state index in [4.69, 9.17) is 0 Å². The SMILES string of the molecule is CS[C@H](C)C(=O)NCc1ccnc(-n2cccn2)c1. The van der Waals surface area contributed by atoms with Crippen LogP contribution in [0.15, 0.2) is 36.8 Å². The number of pyridine rings is 1. The highest BCUT2D eigenvalue weighted by Crippen LogP contribution is 2.08. The van der Waals surface area contributed by atoms with Gasteiger partial charge < -0.3 is 5.32 Å². The van der Waals surface area contributed by atoms with Crippen molar-refractivity contribution < 1.29 is 4.79 Å². The molecule has 0 aromatic carbocycles. The van der Waals surface area contributed by atoms with Gasteiger partial charge in [0.05, 0.1) is 5.25 Å². The second-order valence-corrected chi connectivity index (χ2v) is 5.25. The van der Waals surface area contributed by atoms with Crippen molar-refractivity contribution in [3.63, 3.8) is 0 Å². The van der Waals surface area contributed by atoms with E-state index in [1.807, 2.05) is 37.6 Å². The zero-order chi connectivity index (χ0) is 13.7. The molecule has 2 aromatic heterocycles. The van der Waals surface area contributed by atoms with E-state index >= 15 is 0 Å². The molecule has 2 heterocycles. The number of rotatable bonds is 5. The fourth-order valence-electron chi connectivity index (χ4n) is 1.54. The zero-order valence-electron chi connectivity index (χ0n) is 10.9. The Hall–Kier alpha value is -1.82. The first kappa shape index (κ1) is 13.6. The van der Waals surface area contributed by atoms with Crippen LogP contribution in [0.4, 0.5) is 0 Å². The van der Waals surface area contributed by atoms with Gasteiger partial charge in [0.15, 0.2) is 5.82 Å². The molecule has 5 nitrogen and oxygen atoms in total. The third-order valence-corrected chi connectivity index (χ3v) is 3.66. The van der Waals surface area contributed by atoms with E-state index in [0.717, 1.165) is 11.4 Å². The van der Waals surface area contributed by atoms with Crippen LogP contribution in [0.3, 0.4) is 0 Å². The molecule has 0 aliphatic carbocycles. The number of hydrogen-bond acceptors (Lipinski definition) is 4. The quantitative estimate of drug-likeness (QED) is 0.902. The minimum atomic E-state index is -0.0348. The maximum Gasteiger partial charge on any atom is 0.233 e. The summed E-state index contributed by atoms with van der Waals surface area (Å²) in [5.74, 6) is 0.791. The average molecular weight is 276 g/mol. The summed E-state index contributed by atoms with van der Waals surface area (Å²) in [5, 5.41) is 7.00. The number of aromatic nitrogens is 3. The number of carbonyl (C=O) groups is 1. The maximum absolute atomic E-state index is 11.7. The highest BCUT2D eigenvalue weighted by atomic mass is 32.2. The van der Waals surface area contributed by atoms with Crippen LogP contribution in [-0.2, 0) is 11.3 Å². The van der Waals surface area contributed by atoms with E-state index in [0.29, 0.717) is 6.54 Å². The Balaban J connectivity index is 2.02. The Morgan fingerprint density at radius 3 is 3.05 bits per heavy atom. The second kappa shape index (κ2) is 6.38. The van der Waals surface area contributed by atoms with Gasteiger partial charge in [0, 0.05) is 25.1 Å². The lowest BCUT2D eigenvalue weighted by atomic mass is 10.2. The average Bonchev–Trinajstić information content (AvgIpc) is 2.98. The van der Waals surface area contributed by atoms with E-state index < -0.39 is 0 Å². The van der Waals surface area contributed by atoms with Crippen LogP contribution in [0.5, 0.6) is 0 Å². The molecule has 19 heavy (non-hydrogen) atoms. The third kappa shape index (κ3) is 3.57. The highest BCUT2D eigenvalue weighted by Gasteiger charge is 2.10. The lowest BCUT2D eigenvalue weighted by Crippen LogP contribution is -2.30. The van der Waals surface area contributed by atoms with Gasteiger partial charge in [-0.1, -0.05) is 0 Å². The smallest absolute Gasteiger partial charge is 0.233 e. The molecule has 1 N–H and O–H groups in total. The molecule has 0 aliphatic rings. The van der Waals surface area contributed by atoms with Crippen molar-refractivity contribution in [3.05, 3.63) is 42.4 Å². The monoisotopic (exact) mass is 276 g/mol. The van der Waals surface area contributed by atoms with Gasteiger partial charge in [-0.25, -0.2) is 9.67 Å². The summed E-state index contributed by atoms with van der Waals surface area (Å²) in [4.78, 5) is 15.9. The summed E-state index contributed by atoms with van der Waals surface area (Å²) in [7, 11) is 0. The van der Waals surface area contributed by atoms with Crippen LogP contribution in [0.1, 0.15) is 12.5 Å². The summed E-state index contributed by atoms with van der Waals surface area (Å²) < 4.78 is 1.69. The molecule has 1 amide bonds. The highest BCUT2D eigenvalue weighted by molar-refractivity contribution is 7.99. The molecule has 0 radical (unpaired) electrons. The largest absolute Gasteiger partial charge is 0.351 e. The summed E-state index contributed by atoms with van der Waals surface area (Å²) in [6.07, 6.45) is 7.18. The van der Waals surface area contributed by atoms with Gasteiger partial charge in [-0.05, 0) is 36.9 Å². The minimum absolute atomic E-state index is 0.0348.